The Labute approximate surface area is 121 Å². The van der Waals surface area contributed by atoms with Crippen LogP contribution in [0.2, 0.25) is 0 Å². The maximum absolute atomic E-state index is 14.3. The highest BCUT2D eigenvalue weighted by Gasteiger charge is 2.11. The van der Waals surface area contributed by atoms with E-state index in [4.69, 9.17) is 0 Å². The zero-order valence-corrected chi connectivity index (χ0v) is 11.1. The molecular formula is C18H13FO2. The smallest absolute Gasteiger partial charge is 0.131 e. The van der Waals surface area contributed by atoms with E-state index in [9.17, 15) is 14.6 Å². The molecule has 3 heteroatoms. The van der Waals surface area contributed by atoms with Crippen LogP contribution in [-0.2, 0) is 0 Å². The molecule has 0 fully saturated rings. The highest BCUT2D eigenvalue weighted by atomic mass is 19.1. The Morgan fingerprint density at radius 2 is 1.43 bits per heavy atom. The van der Waals surface area contributed by atoms with Crippen molar-refractivity contribution in [3.63, 3.8) is 0 Å². The van der Waals surface area contributed by atoms with Crippen molar-refractivity contribution in [2.75, 3.05) is 0 Å². The van der Waals surface area contributed by atoms with Crippen molar-refractivity contribution >= 4 is 0 Å². The standard InChI is InChI=1S/C18H13FO2/c19-17-10-13(12-4-2-1-3-5-12)6-8-15(17)16-11-14(20)7-9-18(16)21/h1-11,20-21H. The lowest BCUT2D eigenvalue weighted by atomic mass is 9.99. The topological polar surface area (TPSA) is 40.5 Å². The van der Waals surface area contributed by atoms with Gasteiger partial charge in [-0.05, 0) is 35.4 Å². The van der Waals surface area contributed by atoms with E-state index in [-0.39, 0.29) is 22.6 Å². The maximum atomic E-state index is 14.3. The van der Waals surface area contributed by atoms with Crippen LogP contribution in [-0.4, -0.2) is 10.2 Å². The molecule has 0 aromatic heterocycles. The first-order chi connectivity index (χ1) is 10.1. The molecule has 2 nitrogen and oxygen atoms in total. The molecular weight excluding hydrogens is 267 g/mol. The van der Waals surface area contributed by atoms with E-state index in [0.29, 0.717) is 0 Å². The lowest BCUT2D eigenvalue weighted by molar-refractivity contribution is 0.461. The fraction of sp³-hybridized carbons (Fsp3) is 0. The first kappa shape index (κ1) is 13.2. The number of hydrogen-bond acceptors (Lipinski definition) is 2. The molecule has 0 unspecified atom stereocenters. The van der Waals surface area contributed by atoms with Crippen LogP contribution in [0, 0.1) is 5.82 Å². The first-order valence-corrected chi connectivity index (χ1v) is 6.52. The van der Waals surface area contributed by atoms with Gasteiger partial charge in [-0.15, -0.1) is 0 Å². The molecule has 0 atom stereocenters. The van der Waals surface area contributed by atoms with Crippen LogP contribution in [0.25, 0.3) is 22.3 Å². The third kappa shape index (κ3) is 2.58. The molecule has 3 aromatic rings. The molecule has 0 aliphatic carbocycles. The molecule has 0 amide bonds. The number of halogens is 1. The SMILES string of the molecule is Oc1ccc(O)c(-c2ccc(-c3ccccc3)cc2F)c1. The van der Waals surface area contributed by atoms with Gasteiger partial charge in [0.2, 0.25) is 0 Å². The maximum Gasteiger partial charge on any atom is 0.131 e. The highest BCUT2D eigenvalue weighted by molar-refractivity contribution is 5.75. The van der Waals surface area contributed by atoms with Crippen molar-refractivity contribution < 1.29 is 14.6 Å². The van der Waals surface area contributed by atoms with E-state index in [1.807, 2.05) is 30.3 Å². The minimum absolute atomic E-state index is 0.0191. The van der Waals surface area contributed by atoms with Gasteiger partial charge in [0, 0.05) is 11.1 Å². The van der Waals surface area contributed by atoms with Crippen molar-refractivity contribution in [3.05, 3.63) is 72.5 Å². The molecule has 0 radical (unpaired) electrons. The zero-order valence-electron chi connectivity index (χ0n) is 11.1. The second-order valence-corrected chi connectivity index (χ2v) is 4.76. The van der Waals surface area contributed by atoms with Crippen LogP contribution in [0.3, 0.4) is 0 Å². The van der Waals surface area contributed by atoms with E-state index >= 15 is 0 Å². The van der Waals surface area contributed by atoms with E-state index in [0.717, 1.165) is 11.1 Å². The largest absolute Gasteiger partial charge is 0.508 e. The summed E-state index contributed by atoms with van der Waals surface area (Å²) in [6.07, 6.45) is 0. The third-order valence-electron chi connectivity index (χ3n) is 3.35. The van der Waals surface area contributed by atoms with Crippen LogP contribution >= 0.6 is 0 Å². The number of rotatable bonds is 2. The van der Waals surface area contributed by atoms with Gasteiger partial charge in [0.25, 0.3) is 0 Å². The Hall–Kier alpha value is -2.81. The second-order valence-electron chi connectivity index (χ2n) is 4.76. The van der Waals surface area contributed by atoms with E-state index in [1.54, 1.807) is 12.1 Å². The summed E-state index contributed by atoms with van der Waals surface area (Å²) < 4.78 is 14.3. The molecule has 2 N–H and O–H groups in total. The molecule has 3 rings (SSSR count). The summed E-state index contributed by atoms with van der Waals surface area (Å²) in [6.45, 7) is 0. The Bertz CT molecular complexity index is 782. The molecule has 0 spiro atoms. The van der Waals surface area contributed by atoms with Crippen molar-refractivity contribution in [1.29, 1.82) is 0 Å². The first-order valence-electron chi connectivity index (χ1n) is 6.52. The molecule has 0 aliphatic rings. The summed E-state index contributed by atoms with van der Waals surface area (Å²) in [7, 11) is 0. The molecule has 21 heavy (non-hydrogen) atoms. The Kier molecular flexibility index (Phi) is 3.32. The molecule has 0 saturated heterocycles. The van der Waals surface area contributed by atoms with Gasteiger partial charge in [0.1, 0.15) is 17.3 Å². The Morgan fingerprint density at radius 3 is 2.14 bits per heavy atom. The van der Waals surface area contributed by atoms with E-state index in [1.165, 1.54) is 24.3 Å². The summed E-state index contributed by atoms with van der Waals surface area (Å²) in [6, 6.07) is 18.3. The Balaban J connectivity index is 2.08. The second kappa shape index (κ2) is 5.29. The third-order valence-corrected chi connectivity index (χ3v) is 3.35. The average molecular weight is 280 g/mol. The van der Waals surface area contributed by atoms with Crippen molar-refractivity contribution in [2.24, 2.45) is 0 Å². The average Bonchev–Trinajstić information content (AvgIpc) is 2.51. The summed E-state index contributed by atoms with van der Waals surface area (Å²) in [5, 5.41) is 19.3. The van der Waals surface area contributed by atoms with Gasteiger partial charge < -0.3 is 10.2 Å². The number of phenolic OH excluding ortho intramolecular Hbond substituents is 2. The number of aromatic hydroxyl groups is 2. The van der Waals surface area contributed by atoms with Gasteiger partial charge in [-0.25, -0.2) is 4.39 Å². The predicted octanol–water partition coefficient (Wildman–Crippen LogP) is 4.57. The van der Waals surface area contributed by atoms with Gasteiger partial charge in [-0.3, -0.25) is 0 Å². The van der Waals surface area contributed by atoms with Gasteiger partial charge >= 0.3 is 0 Å². The fourth-order valence-corrected chi connectivity index (χ4v) is 2.28. The quantitative estimate of drug-likeness (QED) is 0.675. The zero-order chi connectivity index (χ0) is 14.8. The number of hydrogen-bond donors (Lipinski definition) is 2. The minimum atomic E-state index is -0.447. The van der Waals surface area contributed by atoms with Gasteiger partial charge in [-0.1, -0.05) is 42.5 Å². The van der Waals surface area contributed by atoms with Gasteiger partial charge in [0.15, 0.2) is 0 Å². The molecule has 104 valence electrons. The monoisotopic (exact) mass is 280 g/mol. The molecule has 0 heterocycles. The summed E-state index contributed by atoms with van der Waals surface area (Å²) >= 11 is 0. The summed E-state index contributed by atoms with van der Waals surface area (Å²) in [5.41, 5.74) is 2.20. The molecule has 0 aliphatic heterocycles. The van der Waals surface area contributed by atoms with Crippen LogP contribution in [0.5, 0.6) is 11.5 Å². The lowest BCUT2D eigenvalue weighted by Gasteiger charge is -2.09. The van der Waals surface area contributed by atoms with Crippen LogP contribution < -0.4 is 0 Å². The van der Waals surface area contributed by atoms with Gasteiger partial charge in [-0.2, -0.15) is 0 Å². The number of phenols is 2. The summed E-state index contributed by atoms with van der Waals surface area (Å²) in [4.78, 5) is 0. The molecule has 0 bridgehead atoms. The normalized spacial score (nSPS) is 10.5. The van der Waals surface area contributed by atoms with Crippen molar-refractivity contribution in [2.45, 2.75) is 0 Å². The summed E-state index contributed by atoms with van der Waals surface area (Å²) in [5.74, 6) is -0.536. The van der Waals surface area contributed by atoms with Crippen molar-refractivity contribution in [1.82, 2.24) is 0 Å². The lowest BCUT2D eigenvalue weighted by Crippen LogP contribution is -1.87. The van der Waals surface area contributed by atoms with Gasteiger partial charge in [0.05, 0.1) is 0 Å². The van der Waals surface area contributed by atoms with E-state index < -0.39 is 5.82 Å². The minimum Gasteiger partial charge on any atom is -0.508 e. The predicted molar refractivity (Wildman–Crippen MR) is 80.6 cm³/mol. The molecule has 0 saturated carbocycles. The van der Waals surface area contributed by atoms with E-state index in [2.05, 4.69) is 0 Å². The number of benzene rings is 3. The van der Waals surface area contributed by atoms with Crippen molar-refractivity contribution in [3.8, 4) is 33.8 Å². The van der Waals surface area contributed by atoms with Crippen LogP contribution in [0.15, 0.2) is 66.7 Å². The molecule has 3 aromatic carbocycles. The van der Waals surface area contributed by atoms with Crippen LogP contribution in [0.4, 0.5) is 4.39 Å². The highest BCUT2D eigenvalue weighted by Crippen LogP contribution is 2.35. The fourth-order valence-electron chi connectivity index (χ4n) is 2.28. The Morgan fingerprint density at radius 1 is 0.667 bits per heavy atom. The van der Waals surface area contributed by atoms with Crippen LogP contribution in [0.1, 0.15) is 0 Å².